The number of nitrogen functional groups attached to an aromatic ring is 5. The molecule has 0 aliphatic rings. The number of nitrogens with two attached hydrogens (primary N) is 7. The van der Waals surface area contributed by atoms with E-state index in [9.17, 15) is 37.2 Å². The number of fused-ring (bicyclic) bond motifs is 5. The molecule has 0 spiro atoms. The van der Waals surface area contributed by atoms with Crippen molar-refractivity contribution in [1.29, 1.82) is 0 Å². The maximum Gasteiger partial charge on any atom is 0.350 e. The van der Waals surface area contributed by atoms with E-state index in [-0.39, 0.29) is 137 Å². The highest BCUT2D eigenvalue weighted by molar-refractivity contribution is 7.62. The van der Waals surface area contributed by atoms with Crippen LogP contribution < -0.4 is 59.9 Å². The molecule has 13 rings (SSSR count). The molecule has 13 aromatic rings. The molecule has 0 saturated heterocycles. The minimum Gasteiger partial charge on any atom is -0.465 e. The molecular formula is C87H134Cl3N30O19P5. The molecule has 3 aromatic carbocycles. The first-order valence-electron chi connectivity index (χ1n) is 45.2. The molecule has 792 valence electrons. The summed E-state index contributed by atoms with van der Waals surface area (Å²) in [6.45, 7) is 25.8. The fraction of sp³-hybridized carbons (Fsp3) is 0.471. The lowest BCUT2D eigenvalue weighted by Crippen LogP contribution is -2.43. The second-order valence-corrected chi connectivity index (χ2v) is 46.1. The number of para-hydroxylation sites is 1. The van der Waals surface area contributed by atoms with Crippen molar-refractivity contribution < 1.29 is 89.4 Å². The van der Waals surface area contributed by atoms with Crippen molar-refractivity contribution in [2.45, 2.75) is 157 Å². The fourth-order valence-electron chi connectivity index (χ4n) is 12.1. The molecular weight excluding hydrogens is 2030 g/mol. The fourth-order valence-corrected chi connectivity index (χ4v) is 17.6. The molecule has 10 heterocycles. The third-order valence-electron chi connectivity index (χ3n) is 18.5. The number of esters is 3. The molecule has 0 fully saturated rings. The van der Waals surface area contributed by atoms with Gasteiger partial charge in [0.05, 0.1) is 122 Å². The monoisotopic (exact) mass is 2160 g/mol. The van der Waals surface area contributed by atoms with Crippen LogP contribution in [0.25, 0.3) is 55.8 Å². The average molecular weight is 2170 g/mol. The molecule has 144 heavy (non-hydrogen) atoms. The van der Waals surface area contributed by atoms with Gasteiger partial charge in [-0.3, -0.25) is 28.1 Å². The largest absolute Gasteiger partial charge is 0.465 e. The van der Waals surface area contributed by atoms with Crippen LogP contribution in [0.3, 0.4) is 0 Å². The second-order valence-electron chi connectivity index (χ2n) is 33.1. The zero-order valence-electron chi connectivity index (χ0n) is 82.5. The number of anilines is 5. The molecule has 0 saturated carbocycles. The van der Waals surface area contributed by atoms with Gasteiger partial charge in [-0.15, -0.1) is 24.8 Å². The first kappa shape index (κ1) is 124. The first-order chi connectivity index (χ1) is 67.4. The van der Waals surface area contributed by atoms with Gasteiger partial charge in [0.15, 0.2) is 33.4 Å². The molecule has 5 atom stereocenters. The van der Waals surface area contributed by atoms with Gasteiger partial charge in [-0.25, -0.2) is 60.1 Å². The second kappa shape index (κ2) is 62.9. The van der Waals surface area contributed by atoms with Gasteiger partial charge in [-0.05, 0) is 109 Å². The maximum absolute atomic E-state index is 14.0. The minimum atomic E-state index is -4.12. The lowest BCUT2D eigenvalue weighted by atomic mass is 10.1. The highest BCUT2D eigenvalue weighted by Crippen LogP contribution is 2.45. The molecule has 19 N–H and O–H groups in total. The van der Waals surface area contributed by atoms with Crippen LogP contribution in [0, 0.1) is 0 Å². The Hall–Kier alpha value is -10.8. The Kier molecular flexibility index (Phi) is 54.0. The molecule has 0 aliphatic heterocycles. The van der Waals surface area contributed by atoms with Crippen molar-refractivity contribution in [3.63, 3.8) is 0 Å². The standard InChI is InChI=1S/C25H29N6O5P.C22H38N7O6P.C10H15ClN5O2P.C10H16N5O2P.C9H13N.C8H12N5O4P.C3H9N.2ClH/c1-2-35-24(32)21(15-19-9-5-3-6-10-19)30-37(33,36-20-11-7-4-8-12-20)18-34-14-13-31-17-28-22-16-27-25(26)29-23(22)31;1-5-7-10-34-20(30)16(3)27-36(32,28-17(4)21(31)35-11-8-6-2)15-33-12-9-29-14-25-18-13-24-22(23)26-19(18)29;1-19(2,17)6-18-4-3-16-5-13-7-8(11)14-10(12)15-9(7)16;1-18(2,16)7-17-4-3-15-6-13-8-5-12-10(11)14-9(8)15;1-8(10)7-9-5-3-2-4-6-9;9-8-10-3-6-7(12-8)13(4-11-6)1-2-17-5-18(14,15)16;1-3(2)4;;/h3-12,16-17,21H,2,13-15,18H2,1H3,(H,30,33)(H2,26,27,29);13-14,16-17H,5-12,15H2,1-4H3,(H2,23,24,26)(H2,27,28,32);5H,3-4,6H2,1-2H3,(H2,12,14,15);5-6H,3-4,7H2,1-2H3,(H2,11,12,14);2-6,8H,7,10H2,1H3;3-4H,1-2,5H2,(H2,9,10,12)(H2,14,15,16);3H,4H2,1-2H3;2*1H/t21-,37?;16-,17-;;;8-;;;;/m00..1..../s1. The Balaban J connectivity index is 0.000000314. The smallest absolute Gasteiger partial charge is 0.350 e. The van der Waals surface area contributed by atoms with E-state index >= 15 is 0 Å². The van der Waals surface area contributed by atoms with E-state index in [4.69, 9.17) is 104 Å². The van der Waals surface area contributed by atoms with Gasteiger partial charge in [0.25, 0.3) is 0 Å². The van der Waals surface area contributed by atoms with Crippen molar-refractivity contribution in [2.75, 3.05) is 140 Å². The number of hydrogen-bond acceptors (Lipinski definition) is 39. The van der Waals surface area contributed by atoms with Crippen LogP contribution in [0.5, 0.6) is 5.75 Å². The number of rotatable bonds is 47. The van der Waals surface area contributed by atoms with E-state index in [0.717, 1.165) is 37.7 Å². The van der Waals surface area contributed by atoms with Crippen LogP contribution in [-0.4, -0.2) is 267 Å². The van der Waals surface area contributed by atoms with Crippen LogP contribution >= 0.6 is 73.3 Å². The zero-order valence-corrected chi connectivity index (χ0v) is 89.3. The molecule has 57 heteroatoms. The summed E-state index contributed by atoms with van der Waals surface area (Å²) in [7, 11) is -15.7. The summed E-state index contributed by atoms with van der Waals surface area (Å²) in [5, 5.41) is 8.72. The van der Waals surface area contributed by atoms with Crippen molar-refractivity contribution >= 4 is 177 Å². The number of unbranched alkanes of at least 4 members (excludes halogenated alkanes) is 2. The van der Waals surface area contributed by atoms with Crippen molar-refractivity contribution in [3.8, 4) is 5.75 Å². The third kappa shape index (κ3) is 46.3. The first-order valence-corrected chi connectivity index (χ1v) is 56.6. The van der Waals surface area contributed by atoms with Crippen molar-refractivity contribution in [2.24, 2.45) is 11.5 Å². The van der Waals surface area contributed by atoms with E-state index in [0.29, 0.717) is 114 Å². The number of ether oxygens (including phenoxy) is 8. The van der Waals surface area contributed by atoms with E-state index in [1.807, 2.05) is 93.8 Å². The number of carbonyl (C=O) groups excluding carboxylic acids is 3. The summed E-state index contributed by atoms with van der Waals surface area (Å²) < 4.78 is 119. The van der Waals surface area contributed by atoms with Gasteiger partial charge in [0.1, 0.15) is 84.8 Å². The van der Waals surface area contributed by atoms with Crippen LogP contribution in [-0.2, 0) is 121 Å². The van der Waals surface area contributed by atoms with Gasteiger partial charge >= 0.3 is 33.0 Å². The molecule has 10 aromatic heterocycles. The Morgan fingerprint density at radius 3 is 1.10 bits per heavy atom. The number of aromatic nitrogens is 20. The van der Waals surface area contributed by atoms with Gasteiger partial charge < -0.3 is 124 Å². The lowest BCUT2D eigenvalue weighted by Gasteiger charge is -2.26. The summed E-state index contributed by atoms with van der Waals surface area (Å²) in [4.78, 5) is 115. The minimum absolute atomic E-state index is 0. The summed E-state index contributed by atoms with van der Waals surface area (Å²) >= 11 is 5.92. The number of halogens is 3. The Bertz CT molecular complexity index is 6150. The van der Waals surface area contributed by atoms with Crippen LogP contribution in [0.1, 0.15) is 92.2 Å². The average Bonchev–Trinajstić information content (AvgIpc) is 1.66. The maximum atomic E-state index is 14.0. The van der Waals surface area contributed by atoms with Crippen LogP contribution in [0.2, 0.25) is 5.15 Å². The predicted molar refractivity (Wildman–Crippen MR) is 559 cm³/mol. The highest BCUT2D eigenvalue weighted by Gasteiger charge is 2.35. The number of hydrogen-bond donors (Lipinski definition) is 12. The predicted octanol–water partition coefficient (Wildman–Crippen LogP) is 10.6. The number of imidazole rings is 5. The highest BCUT2D eigenvalue weighted by atomic mass is 35.5. The molecule has 0 bridgehead atoms. The van der Waals surface area contributed by atoms with E-state index in [1.54, 1.807) is 134 Å². The third-order valence-corrected chi connectivity index (χ3v) is 24.8. The van der Waals surface area contributed by atoms with Crippen molar-refractivity contribution in [1.82, 2.24) is 113 Å². The SMILES string of the molecule is CC(C)N.CCCCOC(=O)[C@H](C)NP(=O)(COCCn1cnc2cnc(N)nc21)N[C@@H](C)C(=O)OCCCC.CCOC(=O)[C@H](Cc1ccccc1)NP(=O)(COCCn1cnc2cnc(N)nc21)Oc1ccccc1.CP(C)(=O)COCCn1cnc2c(Cl)nc(N)nc21.CP(C)(=O)COCCn1cnc2cnc(N)nc21.C[C@@H](N)Cc1ccccc1.Cl.Cl.Nc1ncc2ncn(CCOCP(=O)(O)O)c2n1. The van der Waals surface area contributed by atoms with Gasteiger partial charge in [0.2, 0.25) is 37.2 Å². The van der Waals surface area contributed by atoms with Gasteiger partial charge in [-0.1, -0.05) is 131 Å². The summed E-state index contributed by atoms with van der Waals surface area (Å²) in [5.41, 5.74) is 46.8. The normalized spacial score (nSPS) is 12.7. The van der Waals surface area contributed by atoms with E-state index in [1.165, 1.54) is 18.0 Å². The van der Waals surface area contributed by atoms with Crippen LogP contribution in [0.15, 0.2) is 147 Å². The zero-order chi connectivity index (χ0) is 104. The molecule has 0 aliphatic carbocycles. The Morgan fingerprint density at radius 2 is 0.743 bits per heavy atom. The summed E-state index contributed by atoms with van der Waals surface area (Å²) in [6.07, 6.45) is 18.0. The lowest BCUT2D eigenvalue weighted by molar-refractivity contribution is -0.146. The van der Waals surface area contributed by atoms with Crippen molar-refractivity contribution in [3.05, 3.63) is 164 Å². The molecule has 49 nitrogen and oxygen atoms in total. The molecule has 0 amide bonds. The Morgan fingerprint density at radius 1 is 0.410 bits per heavy atom. The Labute approximate surface area is 851 Å². The van der Waals surface area contributed by atoms with E-state index < -0.39 is 79.2 Å². The number of carbonyl (C=O) groups is 3. The number of nitrogens with zero attached hydrogens (tertiary/aromatic N) is 20. The number of benzene rings is 3. The number of nitrogens with one attached hydrogen (secondary N) is 3. The van der Waals surface area contributed by atoms with E-state index in [2.05, 4.69) is 102 Å². The molecule has 0 radical (unpaired) electrons. The quantitative estimate of drug-likeness (QED) is 0.00554. The topological polar surface area (TPSA) is 696 Å². The van der Waals surface area contributed by atoms with Gasteiger partial charge in [0, 0.05) is 38.8 Å². The molecule has 1 unspecified atom stereocenters. The summed E-state index contributed by atoms with van der Waals surface area (Å²) in [5.74, 6) is -0.478. The van der Waals surface area contributed by atoms with Crippen LogP contribution in [0.4, 0.5) is 29.7 Å². The summed E-state index contributed by atoms with van der Waals surface area (Å²) in [6, 6.07) is 26.4. The van der Waals surface area contributed by atoms with Gasteiger partial charge in [-0.2, -0.15) is 29.9 Å².